The van der Waals surface area contributed by atoms with Crippen molar-refractivity contribution in [2.75, 3.05) is 0 Å². The molecular weight excluding hydrogens is 392 g/mol. The zero-order chi connectivity index (χ0) is 21.6. The Morgan fingerprint density at radius 2 is 1.57 bits per heavy atom. The third kappa shape index (κ3) is 6.23. The number of alkyl halides is 3. The lowest BCUT2D eigenvalue weighted by molar-refractivity contribution is -0.140. The van der Waals surface area contributed by atoms with Gasteiger partial charge in [-0.15, -0.1) is 0 Å². The van der Waals surface area contributed by atoms with Crippen molar-refractivity contribution in [2.24, 2.45) is 11.8 Å². The molecule has 1 unspecified atom stereocenters. The second kappa shape index (κ2) is 10.3. The van der Waals surface area contributed by atoms with Crippen LogP contribution in [0.2, 0.25) is 0 Å². The Morgan fingerprint density at radius 3 is 2.13 bits per heavy atom. The van der Waals surface area contributed by atoms with Gasteiger partial charge in [-0.2, -0.15) is 13.2 Å². The van der Waals surface area contributed by atoms with Crippen LogP contribution in [0.1, 0.15) is 75.5 Å². The van der Waals surface area contributed by atoms with E-state index in [4.69, 9.17) is 4.74 Å². The van der Waals surface area contributed by atoms with E-state index in [1.165, 1.54) is 44.6 Å². The molecular formula is C25H30F4O. The standard InChI is InChI=1S/C25H30F4O/c1-2-6-18-9-11-19(12-10-18)13-16-24(20-7-4-3-5-8-20)30-21-14-15-22(23(26)17-21)25(27,28)29/h3-5,7-8,14-15,17-19,24H,2,6,9-13,16H2,1H3/t18-,19-,24?. The van der Waals surface area contributed by atoms with Gasteiger partial charge in [0.2, 0.25) is 0 Å². The van der Waals surface area contributed by atoms with Crippen LogP contribution < -0.4 is 4.74 Å². The maximum atomic E-state index is 14.0. The van der Waals surface area contributed by atoms with Gasteiger partial charge in [-0.3, -0.25) is 0 Å². The van der Waals surface area contributed by atoms with Crippen LogP contribution in [0.15, 0.2) is 48.5 Å². The minimum atomic E-state index is -4.71. The van der Waals surface area contributed by atoms with Gasteiger partial charge in [0.05, 0.1) is 5.56 Å². The van der Waals surface area contributed by atoms with Gasteiger partial charge in [0.1, 0.15) is 17.7 Å². The molecule has 3 rings (SSSR count). The summed E-state index contributed by atoms with van der Waals surface area (Å²) >= 11 is 0. The van der Waals surface area contributed by atoms with E-state index in [-0.39, 0.29) is 11.9 Å². The van der Waals surface area contributed by atoms with E-state index in [9.17, 15) is 17.6 Å². The first kappa shape index (κ1) is 22.6. The second-order valence-corrected chi connectivity index (χ2v) is 8.41. The molecule has 164 valence electrons. The van der Waals surface area contributed by atoms with Crippen LogP contribution in [0.3, 0.4) is 0 Å². The number of hydrogen-bond acceptors (Lipinski definition) is 1. The molecule has 0 bridgehead atoms. The van der Waals surface area contributed by atoms with Gasteiger partial charge in [-0.25, -0.2) is 4.39 Å². The maximum Gasteiger partial charge on any atom is 0.419 e. The quantitative estimate of drug-likeness (QED) is 0.388. The lowest BCUT2D eigenvalue weighted by atomic mass is 9.78. The van der Waals surface area contributed by atoms with E-state index in [2.05, 4.69) is 6.92 Å². The van der Waals surface area contributed by atoms with Crippen LogP contribution in [0.4, 0.5) is 17.6 Å². The molecule has 1 atom stereocenters. The van der Waals surface area contributed by atoms with Gasteiger partial charge in [0.25, 0.3) is 0 Å². The van der Waals surface area contributed by atoms with Crippen LogP contribution in [0, 0.1) is 17.7 Å². The molecule has 5 heteroatoms. The lowest BCUT2D eigenvalue weighted by Crippen LogP contribution is -2.16. The van der Waals surface area contributed by atoms with Gasteiger partial charge in [0, 0.05) is 6.07 Å². The predicted molar refractivity (Wildman–Crippen MR) is 111 cm³/mol. The fraction of sp³-hybridized carbons (Fsp3) is 0.520. The first-order valence-electron chi connectivity index (χ1n) is 10.9. The van der Waals surface area contributed by atoms with Gasteiger partial charge < -0.3 is 4.74 Å². The molecule has 0 N–H and O–H groups in total. The van der Waals surface area contributed by atoms with Crippen LogP contribution in [-0.4, -0.2) is 0 Å². The van der Waals surface area contributed by atoms with Crippen molar-refractivity contribution in [1.29, 1.82) is 0 Å². The normalized spacial score (nSPS) is 20.7. The number of halogens is 4. The lowest BCUT2D eigenvalue weighted by Gasteiger charge is -2.29. The molecule has 2 aromatic carbocycles. The van der Waals surface area contributed by atoms with E-state index in [1.807, 2.05) is 30.3 Å². The summed E-state index contributed by atoms with van der Waals surface area (Å²) in [4.78, 5) is 0. The molecule has 1 aliphatic rings. The third-order valence-electron chi connectivity index (χ3n) is 6.20. The smallest absolute Gasteiger partial charge is 0.419 e. The summed E-state index contributed by atoms with van der Waals surface area (Å²) in [6.07, 6.45) is 4.29. The maximum absolute atomic E-state index is 14.0. The fourth-order valence-corrected chi connectivity index (χ4v) is 4.53. The molecule has 0 heterocycles. The number of ether oxygens (including phenoxy) is 1. The topological polar surface area (TPSA) is 9.23 Å². The van der Waals surface area contributed by atoms with E-state index in [0.29, 0.717) is 5.92 Å². The summed E-state index contributed by atoms with van der Waals surface area (Å²) in [6.45, 7) is 2.23. The predicted octanol–water partition coefficient (Wildman–Crippen LogP) is 8.35. The molecule has 1 nitrogen and oxygen atoms in total. The molecule has 1 aliphatic carbocycles. The monoisotopic (exact) mass is 422 g/mol. The van der Waals surface area contributed by atoms with Gasteiger partial charge in [-0.1, -0.05) is 75.8 Å². The fourth-order valence-electron chi connectivity index (χ4n) is 4.53. The zero-order valence-electron chi connectivity index (χ0n) is 17.4. The summed E-state index contributed by atoms with van der Waals surface area (Å²) in [7, 11) is 0. The second-order valence-electron chi connectivity index (χ2n) is 8.41. The largest absolute Gasteiger partial charge is 0.486 e. The van der Waals surface area contributed by atoms with Crippen LogP contribution in [0.5, 0.6) is 5.75 Å². The van der Waals surface area contributed by atoms with Crippen molar-refractivity contribution in [1.82, 2.24) is 0 Å². The van der Waals surface area contributed by atoms with Crippen molar-refractivity contribution in [3.05, 3.63) is 65.5 Å². The van der Waals surface area contributed by atoms with E-state index in [1.54, 1.807) is 0 Å². The molecule has 30 heavy (non-hydrogen) atoms. The van der Waals surface area contributed by atoms with Crippen molar-refractivity contribution < 1.29 is 22.3 Å². The number of rotatable bonds is 8. The Morgan fingerprint density at radius 1 is 0.933 bits per heavy atom. The summed E-state index contributed by atoms with van der Waals surface area (Å²) in [5.41, 5.74) is -0.313. The average molecular weight is 423 g/mol. The van der Waals surface area contributed by atoms with Crippen LogP contribution in [0.25, 0.3) is 0 Å². The Balaban J connectivity index is 1.66. The van der Waals surface area contributed by atoms with E-state index in [0.717, 1.165) is 36.5 Å². The summed E-state index contributed by atoms with van der Waals surface area (Å²) in [5.74, 6) is 0.321. The zero-order valence-corrected chi connectivity index (χ0v) is 17.4. The highest BCUT2D eigenvalue weighted by Gasteiger charge is 2.34. The molecule has 0 aromatic heterocycles. The van der Waals surface area contributed by atoms with Gasteiger partial charge in [-0.05, 0) is 42.4 Å². The molecule has 2 aromatic rings. The van der Waals surface area contributed by atoms with Crippen molar-refractivity contribution >= 4 is 0 Å². The van der Waals surface area contributed by atoms with Crippen LogP contribution >= 0.6 is 0 Å². The Bertz CT molecular complexity index is 779. The highest BCUT2D eigenvalue weighted by molar-refractivity contribution is 5.31. The van der Waals surface area contributed by atoms with Crippen molar-refractivity contribution in [3.8, 4) is 5.75 Å². The van der Waals surface area contributed by atoms with Crippen molar-refractivity contribution in [3.63, 3.8) is 0 Å². The highest BCUT2D eigenvalue weighted by Crippen LogP contribution is 2.37. The third-order valence-corrected chi connectivity index (χ3v) is 6.20. The van der Waals surface area contributed by atoms with E-state index >= 15 is 0 Å². The minimum Gasteiger partial charge on any atom is -0.486 e. The van der Waals surface area contributed by atoms with E-state index < -0.39 is 17.6 Å². The number of hydrogen-bond donors (Lipinski definition) is 0. The molecule has 0 saturated heterocycles. The molecule has 1 fully saturated rings. The minimum absolute atomic E-state index is 0.126. The highest BCUT2D eigenvalue weighted by atomic mass is 19.4. The average Bonchev–Trinajstić information content (AvgIpc) is 2.72. The molecule has 0 spiro atoms. The summed E-state index contributed by atoms with van der Waals surface area (Å²) < 4.78 is 58.5. The molecule has 0 amide bonds. The molecule has 1 saturated carbocycles. The first-order valence-corrected chi connectivity index (χ1v) is 10.9. The molecule has 0 radical (unpaired) electrons. The SMILES string of the molecule is CCC[C@H]1CC[C@H](CCC(Oc2ccc(C(F)(F)F)c(F)c2)c2ccccc2)CC1. The van der Waals surface area contributed by atoms with Crippen molar-refractivity contribution in [2.45, 2.75) is 70.6 Å². The number of benzene rings is 2. The Labute approximate surface area is 176 Å². The Hall–Kier alpha value is -2.04. The van der Waals surface area contributed by atoms with Crippen LogP contribution in [-0.2, 0) is 6.18 Å². The van der Waals surface area contributed by atoms with Gasteiger partial charge in [0.15, 0.2) is 0 Å². The summed E-state index contributed by atoms with van der Waals surface area (Å²) in [6, 6.07) is 12.4. The summed E-state index contributed by atoms with van der Waals surface area (Å²) in [5, 5.41) is 0. The Kier molecular flexibility index (Phi) is 7.79. The molecule has 0 aliphatic heterocycles. The first-order chi connectivity index (χ1) is 14.4. The van der Waals surface area contributed by atoms with Gasteiger partial charge >= 0.3 is 6.18 Å².